The van der Waals surface area contributed by atoms with Crippen molar-refractivity contribution in [1.29, 1.82) is 0 Å². The van der Waals surface area contributed by atoms with Crippen molar-refractivity contribution in [2.45, 2.75) is 30.6 Å². The predicted octanol–water partition coefficient (Wildman–Crippen LogP) is 1.85. The number of nitrogens with zero attached hydrogens (tertiary/aromatic N) is 2. The number of carbonyl (C=O) groups is 1. The molecule has 1 saturated heterocycles. The molecule has 0 bridgehead atoms. The summed E-state index contributed by atoms with van der Waals surface area (Å²) in [6, 6.07) is 6.79. The van der Waals surface area contributed by atoms with Crippen molar-refractivity contribution in [3.8, 4) is 0 Å². The predicted molar refractivity (Wildman–Crippen MR) is 86.7 cm³/mol. The Balaban J connectivity index is 1.58. The highest BCUT2D eigenvalue weighted by Crippen LogP contribution is 2.34. The van der Waals surface area contributed by atoms with Gasteiger partial charge >= 0.3 is 0 Å². The second-order valence-electron chi connectivity index (χ2n) is 6.47. The minimum absolute atomic E-state index is 0.0467. The van der Waals surface area contributed by atoms with Gasteiger partial charge in [0.05, 0.1) is 5.69 Å². The maximum atomic E-state index is 12.4. The zero-order valence-corrected chi connectivity index (χ0v) is 13.6. The molecule has 1 aliphatic carbocycles. The maximum Gasteiger partial charge on any atom is 0.286 e. The first-order valence-corrected chi connectivity index (χ1v) is 9.48. The minimum atomic E-state index is -3.66. The van der Waals surface area contributed by atoms with Gasteiger partial charge < -0.3 is 10.2 Å². The van der Waals surface area contributed by atoms with Crippen LogP contribution in [0.5, 0.6) is 0 Å². The fourth-order valence-corrected chi connectivity index (χ4v) is 4.50. The Kier molecular flexibility index (Phi) is 3.41. The molecule has 2 fully saturated rings. The van der Waals surface area contributed by atoms with Gasteiger partial charge in [-0.25, -0.2) is 0 Å². The van der Waals surface area contributed by atoms with E-state index in [1.807, 2.05) is 4.90 Å². The highest BCUT2D eigenvalue weighted by atomic mass is 32.2. The van der Waals surface area contributed by atoms with Gasteiger partial charge in [-0.2, -0.15) is 8.42 Å². The SMILES string of the molecule is O=C(C1CC1)N1CCC[C@@H](C2=NS(=O)(=O)c3ccccc3N2)C1. The molecular weight excluding hydrogens is 314 g/mol. The summed E-state index contributed by atoms with van der Waals surface area (Å²) in [7, 11) is -3.66. The third-order valence-corrected chi connectivity index (χ3v) is 6.04. The average Bonchev–Trinajstić information content (AvgIpc) is 3.38. The second kappa shape index (κ2) is 5.33. The van der Waals surface area contributed by atoms with E-state index in [9.17, 15) is 13.2 Å². The molecule has 1 aromatic carbocycles. The van der Waals surface area contributed by atoms with Crippen LogP contribution in [0.1, 0.15) is 25.7 Å². The highest BCUT2D eigenvalue weighted by molar-refractivity contribution is 7.90. The van der Waals surface area contributed by atoms with Crippen LogP contribution in [0, 0.1) is 11.8 Å². The van der Waals surface area contributed by atoms with Crippen molar-refractivity contribution in [3.63, 3.8) is 0 Å². The van der Waals surface area contributed by atoms with Gasteiger partial charge in [0.25, 0.3) is 10.0 Å². The van der Waals surface area contributed by atoms with Crippen LogP contribution in [-0.4, -0.2) is 38.2 Å². The Labute approximate surface area is 135 Å². The van der Waals surface area contributed by atoms with E-state index >= 15 is 0 Å². The van der Waals surface area contributed by atoms with Crippen molar-refractivity contribution >= 4 is 27.5 Å². The molecular formula is C16H19N3O3S. The van der Waals surface area contributed by atoms with Crippen molar-refractivity contribution in [1.82, 2.24) is 4.90 Å². The fraction of sp³-hybridized carbons (Fsp3) is 0.500. The average molecular weight is 333 g/mol. The first kappa shape index (κ1) is 14.7. The third kappa shape index (κ3) is 2.73. The molecule has 2 heterocycles. The van der Waals surface area contributed by atoms with Gasteiger partial charge in [0.2, 0.25) is 5.91 Å². The van der Waals surface area contributed by atoms with E-state index in [0.717, 1.165) is 32.2 Å². The molecule has 0 unspecified atom stereocenters. The van der Waals surface area contributed by atoms with Crippen molar-refractivity contribution in [2.24, 2.45) is 16.2 Å². The first-order chi connectivity index (χ1) is 11.0. The molecule has 0 aromatic heterocycles. The molecule has 3 aliphatic rings. The summed E-state index contributed by atoms with van der Waals surface area (Å²) in [5, 5.41) is 3.16. The number of sulfonamides is 1. The summed E-state index contributed by atoms with van der Waals surface area (Å²) >= 11 is 0. The quantitative estimate of drug-likeness (QED) is 0.896. The van der Waals surface area contributed by atoms with Gasteiger partial charge in [-0.05, 0) is 37.8 Å². The minimum Gasteiger partial charge on any atom is -0.342 e. The number of hydrogen-bond donors (Lipinski definition) is 1. The Morgan fingerprint density at radius 3 is 2.78 bits per heavy atom. The number of nitrogens with one attached hydrogen (secondary N) is 1. The fourth-order valence-electron chi connectivity index (χ4n) is 3.30. The number of likely N-dealkylation sites (tertiary alicyclic amines) is 1. The van der Waals surface area contributed by atoms with E-state index < -0.39 is 10.0 Å². The van der Waals surface area contributed by atoms with E-state index in [0.29, 0.717) is 18.1 Å². The summed E-state index contributed by atoms with van der Waals surface area (Å²) in [6.45, 7) is 1.32. The van der Waals surface area contributed by atoms with Crippen molar-refractivity contribution in [3.05, 3.63) is 24.3 Å². The Morgan fingerprint density at radius 2 is 2.00 bits per heavy atom. The van der Waals surface area contributed by atoms with E-state index in [1.165, 1.54) is 0 Å². The number of hydrogen-bond acceptors (Lipinski definition) is 4. The molecule has 7 heteroatoms. The molecule has 0 radical (unpaired) electrons. The molecule has 23 heavy (non-hydrogen) atoms. The standard InChI is InChI=1S/C16H19N3O3S/c20-16(11-7-8-11)19-9-3-4-12(10-19)15-17-13-5-1-2-6-14(13)23(21,22)18-15/h1-2,5-6,11-12H,3-4,7-10H2,(H,17,18)/t12-/m1/s1. The van der Waals surface area contributed by atoms with Crippen LogP contribution in [0.2, 0.25) is 0 Å². The topological polar surface area (TPSA) is 78.8 Å². The number of benzene rings is 1. The molecule has 1 atom stereocenters. The van der Waals surface area contributed by atoms with Gasteiger partial charge in [0.1, 0.15) is 10.7 Å². The lowest BCUT2D eigenvalue weighted by Gasteiger charge is -2.34. The lowest BCUT2D eigenvalue weighted by molar-refractivity contribution is -0.133. The Hall–Kier alpha value is -1.89. The number of piperidine rings is 1. The summed E-state index contributed by atoms with van der Waals surface area (Å²) in [5.41, 5.74) is 0.572. The van der Waals surface area contributed by atoms with Crippen molar-refractivity contribution in [2.75, 3.05) is 18.4 Å². The number of carbonyl (C=O) groups excluding carboxylic acids is 1. The third-order valence-electron chi connectivity index (χ3n) is 4.69. The normalized spacial score (nSPS) is 26.0. The summed E-state index contributed by atoms with van der Waals surface area (Å²) in [5.74, 6) is 0.834. The van der Waals surface area contributed by atoms with Crippen LogP contribution in [0.15, 0.2) is 33.6 Å². The first-order valence-electron chi connectivity index (χ1n) is 8.04. The van der Waals surface area contributed by atoms with Gasteiger partial charge in [-0.1, -0.05) is 12.1 Å². The molecule has 4 rings (SSSR count). The largest absolute Gasteiger partial charge is 0.342 e. The summed E-state index contributed by atoms with van der Waals surface area (Å²) in [4.78, 5) is 14.4. The summed E-state index contributed by atoms with van der Waals surface area (Å²) in [6.07, 6.45) is 3.70. The number of amides is 1. The van der Waals surface area contributed by atoms with Crippen LogP contribution < -0.4 is 5.32 Å². The van der Waals surface area contributed by atoms with Gasteiger partial charge in [0.15, 0.2) is 0 Å². The zero-order chi connectivity index (χ0) is 16.0. The molecule has 1 N–H and O–H groups in total. The van der Waals surface area contributed by atoms with E-state index in [-0.39, 0.29) is 22.6 Å². The lowest BCUT2D eigenvalue weighted by atomic mass is 9.96. The number of anilines is 1. The van der Waals surface area contributed by atoms with Crippen LogP contribution in [-0.2, 0) is 14.8 Å². The smallest absolute Gasteiger partial charge is 0.286 e. The van der Waals surface area contributed by atoms with E-state index in [4.69, 9.17) is 0 Å². The zero-order valence-electron chi connectivity index (χ0n) is 12.7. The number of rotatable bonds is 2. The summed E-state index contributed by atoms with van der Waals surface area (Å²) < 4.78 is 28.7. The molecule has 6 nitrogen and oxygen atoms in total. The number of fused-ring (bicyclic) bond motifs is 1. The molecule has 1 amide bonds. The number of amidine groups is 1. The molecule has 122 valence electrons. The Morgan fingerprint density at radius 1 is 1.22 bits per heavy atom. The molecule has 0 spiro atoms. The number of para-hydroxylation sites is 1. The van der Waals surface area contributed by atoms with Crippen molar-refractivity contribution < 1.29 is 13.2 Å². The van der Waals surface area contributed by atoms with Crippen LogP contribution in [0.25, 0.3) is 0 Å². The van der Waals surface area contributed by atoms with Gasteiger partial charge in [0, 0.05) is 24.9 Å². The Bertz CT molecular complexity index is 784. The van der Waals surface area contributed by atoms with E-state index in [1.54, 1.807) is 24.3 Å². The van der Waals surface area contributed by atoms with Crippen LogP contribution >= 0.6 is 0 Å². The second-order valence-corrected chi connectivity index (χ2v) is 8.04. The monoisotopic (exact) mass is 333 g/mol. The van der Waals surface area contributed by atoms with Gasteiger partial charge in [-0.3, -0.25) is 4.79 Å². The molecule has 1 aromatic rings. The lowest BCUT2D eigenvalue weighted by Crippen LogP contribution is -2.45. The maximum absolute atomic E-state index is 12.4. The van der Waals surface area contributed by atoms with Gasteiger partial charge in [-0.15, -0.1) is 4.40 Å². The molecule has 2 aliphatic heterocycles. The van der Waals surface area contributed by atoms with Crippen LogP contribution in [0.3, 0.4) is 0 Å². The highest BCUT2D eigenvalue weighted by Gasteiger charge is 2.37. The van der Waals surface area contributed by atoms with E-state index in [2.05, 4.69) is 9.71 Å². The van der Waals surface area contributed by atoms with Crippen LogP contribution in [0.4, 0.5) is 5.69 Å². The molecule has 1 saturated carbocycles.